The zero-order chi connectivity index (χ0) is 18.9. The molecule has 0 aliphatic rings. The van der Waals surface area contributed by atoms with Gasteiger partial charge in [-0.25, -0.2) is 0 Å². The highest BCUT2D eigenvalue weighted by Crippen LogP contribution is 2.27. The van der Waals surface area contributed by atoms with E-state index >= 15 is 0 Å². The number of methoxy groups -OCH3 is 1. The van der Waals surface area contributed by atoms with Crippen LogP contribution >= 0.6 is 0 Å². The first-order chi connectivity index (χ1) is 12.5. The Kier molecular flexibility index (Phi) is 7.33. The number of hydrogen-bond acceptors (Lipinski definition) is 4. The minimum atomic E-state index is -0.175. The third-order valence-corrected chi connectivity index (χ3v) is 3.97. The Hall–Kier alpha value is -2.69. The molecule has 1 N–H and O–H groups in total. The van der Waals surface area contributed by atoms with Gasteiger partial charge < -0.3 is 19.5 Å². The van der Waals surface area contributed by atoms with Gasteiger partial charge in [-0.05, 0) is 42.7 Å². The van der Waals surface area contributed by atoms with Crippen LogP contribution in [0.15, 0.2) is 48.5 Å². The van der Waals surface area contributed by atoms with Crippen LogP contribution in [0.5, 0.6) is 17.2 Å². The monoisotopic (exact) mass is 357 g/mol. The predicted molar refractivity (Wildman–Crippen MR) is 102 cm³/mol. The molecule has 0 aliphatic carbocycles. The maximum atomic E-state index is 12.4. The topological polar surface area (TPSA) is 56.8 Å². The van der Waals surface area contributed by atoms with Crippen LogP contribution in [-0.4, -0.2) is 26.2 Å². The highest BCUT2D eigenvalue weighted by molar-refractivity contribution is 5.78. The Balaban J connectivity index is 1.99. The summed E-state index contributed by atoms with van der Waals surface area (Å²) in [5, 5.41) is 3.05. The standard InChI is InChI=1S/C21H27NO4/c1-5-25-18-8-6-7-9-19(18)26-14-20(23)22-21(15(2)3)16-10-12-17(24-4)13-11-16/h6-13,15,21H,5,14H2,1-4H3,(H,22,23)/t21-/m0/s1. The van der Waals surface area contributed by atoms with E-state index in [4.69, 9.17) is 14.2 Å². The van der Waals surface area contributed by atoms with E-state index in [2.05, 4.69) is 19.2 Å². The molecule has 0 unspecified atom stereocenters. The van der Waals surface area contributed by atoms with Crippen LogP contribution in [0, 0.1) is 5.92 Å². The fourth-order valence-corrected chi connectivity index (χ4v) is 2.65. The fourth-order valence-electron chi connectivity index (χ4n) is 2.65. The maximum absolute atomic E-state index is 12.4. The molecule has 0 spiro atoms. The highest BCUT2D eigenvalue weighted by atomic mass is 16.5. The third kappa shape index (κ3) is 5.41. The molecule has 1 amide bonds. The molecule has 0 aliphatic heterocycles. The molecule has 2 aromatic rings. The lowest BCUT2D eigenvalue weighted by atomic mass is 9.96. The van der Waals surface area contributed by atoms with E-state index in [0.717, 1.165) is 11.3 Å². The zero-order valence-electron chi connectivity index (χ0n) is 15.8. The summed E-state index contributed by atoms with van der Waals surface area (Å²) in [4.78, 5) is 12.4. The number of rotatable bonds is 9. The Morgan fingerprint density at radius 2 is 1.62 bits per heavy atom. The van der Waals surface area contributed by atoms with Gasteiger partial charge in [0.25, 0.3) is 5.91 Å². The first kappa shape index (κ1) is 19.6. The zero-order valence-corrected chi connectivity index (χ0v) is 15.8. The van der Waals surface area contributed by atoms with Crippen molar-refractivity contribution in [3.05, 3.63) is 54.1 Å². The molecule has 2 aromatic carbocycles. The summed E-state index contributed by atoms with van der Waals surface area (Å²) in [6.45, 7) is 6.52. The van der Waals surface area contributed by atoms with Gasteiger partial charge in [-0.2, -0.15) is 0 Å². The molecule has 1 atom stereocenters. The molecule has 0 bridgehead atoms. The van der Waals surface area contributed by atoms with Gasteiger partial charge in [0, 0.05) is 0 Å². The number of hydrogen-bond donors (Lipinski definition) is 1. The van der Waals surface area contributed by atoms with E-state index in [-0.39, 0.29) is 24.5 Å². The van der Waals surface area contributed by atoms with Crippen LogP contribution in [0.2, 0.25) is 0 Å². The molecule has 0 heterocycles. The number of para-hydroxylation sites is 2. The van der Waals surface area contributed by atoms with Crippen LogP contribution in [-0.2, 0) is 4.79 Å². The third-order valence-electron chi connectivity index (χ3n) is 3.97. The Bertz CT molecular complexity index is 697. The van der Waals surface area contributed by atoms with Crippen LogP contribution in [0.4, 0.5) is 0 Å². The molecular weight excluding hydrogens is 330 g/mol. The molecule has 2 rings (SSSR count). The maximum Gasteiger partial charge on any atom is 0.258 e. The van der Waals surface area contributed by atoms with E-state index < -0.39 is 0 Å². The Morgan fingerprint density at radius 3 is 2.15 bits per heavy atom. The van der Waals surface area contributed by atoms with Gasteiger partial charge in [0.1, 0.15) is 5.75 Å². The first-order valence-electron chi connectivity index (χ1n) is 8.83. The van der Waals surface area contributed by atoms with Crippen molar-refractivity contribution < 1.29 is 19.0 Å². The summed E-state index contributed by atoms with van der Waals surface area (Å²) in [5.74, 6) is 2.06. The molecule has 0 fully saturated rings. The number of benzene rings is 2. The van der Waals surface area contributed by atoms with Crippen molar-refractivity contribution in [1.82, 2.24) is 5.32 Å². The van der Waals surface area contributed by atoms with Crippen molar-refractivity contribution in [3.8, 4) is 17.2 Å². The van der Waals surface area contributed by atoms with Gasteiger partial charge in [-0.1, -0.05) is 38.1 Å². The summed E-state index contributed by atoms with van der Waals surface area (Å²) in [7, 11) is 1.63. The summed E-state index contributed by atoms with van der Waals surface area (Å²) >= 11 is 0. The number of carbonyl (C=O) groups is 1. The molecule has 0 saturated carbocycles. The van der Waals surface area contributed by atoms with E-state index in [1.165, 1.54) is 0 Å². The molecular formula is C21H27NO4. The molecule has 0 saturated heterocycles. The predicted octanol–water partition coefficient (Wildman–Crippen LogP) is 3.99. The van der Waals surface area contributed by atoms with Gasteiger partial charge in [0.2, 0.25) is 0 Å². The number of carbonyl (C=O) groups excluding carboxylic acids is 1. The summed E-state index contributed by atoms with van der Waals surface area (Å²) in [6.07, 6.45) is 0. The summed E-state index contributed by atoms with van der Waals surface area (Å²) in [5.41, 5.74) is 1.03. The van der Waals surface area contributed by atoms with E-state index in [1.54, 1.807) is 13.2 Å². The van der Waals surface area contributed by atoms with Crippen molar-refractivity contribution in [3.63, 3.8) is 0 Å². The van der Waals surface area contributed by atoms with E-state index in [9.17, 15) is 4.79 Å². The van der Waals surface area contributed by atoms with Crippen LogP contribution in [0.1, 0.15) is 32.4 Å². The van der Waals surface area contributed by atoms with Crippen molar-refractivity contribution in [2.24, 2.45) is 5.92 Å². The van der Waals surface area contributed by atoms with Gasteiger partial charge in [-0.15, -0.1) is 0 Å². The summed E-state index contributed by atoms with van der Waals surface area (Å²) < 4.78 is 16.3. The average molecular weight is 357 g/mol. The van der Waals surface area contributed by atoms with Crippen LogP contribution < -0.4 is 19.5 Å². The molecule has 140 valence electrons. The molecule has 0 radical (unpaired) electrons. The van der Waals surface area contributed by atoms with Gasteiger partial charge >= 0.3 is 0 Å². The summed E-state index contributed by atoms with van der Waals surface area (Å²) in [6, 6.07) is 15.0. The molecule has 5 heteroatoms. The second-order valence-electron chi connectivity index (χ2n) is 6.23. The Labute approximate surface area is 155 Å². The minimum absolute atomic E-state index is 0.0660. The smallest absolute Gasteiger partial charge is 0.258 e. The van der Waals surface area contributed by atoms with Crippen molar-refractivity contribution in [1.29, 1.82) is 0 Å². The minimum Gasteiger partial charge on any atom is -0.497 e. The van der Waals surface area contributed by atoms with Gasteiger partial charge in [0.05, 0.1) is 19.8 Å². The molecule has 5 nitrogen and oxygen atoms in total. The number of nitrogens with one attached hydrogen (secondary N) is 1. The second kappa shape index (κ2) is 9.70. The van der Waals surface area contributed by atoms with Gasteiger partial charge in [-0.3, -0.25) is 4.79 Å². The average Bonchev–Trinajstić information content (AvgIpc) is 2.65. The van der Waals surface area contributed by atoms with Gasteiger partial charge in [0.15, 0.2) is 18.1 Å². The Morgan fingerprint density at radius 1 is 1.00 bits per heavy atom. The number of amides is 1. The van der Waals surface area contributed by atoms with Crippen LogP contribution in [0.25, 0.3) is 0 Å². The normalized spacial score (nSPS) is 11.7. The molecule has 26 heavy (non-hydrogen) atoms. The lowest BCUT2D eigenvalue weighted by Gasteiger charge is -2.23. The van der Waals surface area contributed by atoms with Crippen molar-refractivity contribution in [2.45, 2.75) is 26.8 Å². The highest BCUT2D eigenvalue weighted by Gasteiger charge is 2.19. The second-order valence-corrected chi connectivity index (χ2v) is 6.23. The lowest BCUT2D eigenvalue weighted by Crippen LogP contribution is -2.35. The van der Waals surface area contributed by atoms with E-state index in [0.29, 0.717) is 18.1 Å². The lowest BCUT2D eigenvalue weighted by molar-refractivity contribution is -0.124. The van der Waals surface area contributed by atoms with Crippen molar-refractivity contribution in [2.75, 3.05) is 20.3 Å². The largest absolute Gasteiger partial charge is 0.497 e. The van der Waals surface area contributed by atoms with Crippen LogP contribution in [0.3, 0.4) is 0 Å². The molecule has 0 aromatic heterocycles. The van der Waals surface area contributed by atoms with Crippen molar-refractivity contribution >= 4 is 5.91 Å². The quantitative estimate of drug-likeness (QED) is 0.737. The number of ether oxygens (including phenoxy) is 3. The fraction of sp³-hybridized carbons (Fsp3) is 0.381. The first-order valence-corrected chi connectivity index (χ1v) is 8.83. The SMILES string of the molecule is CCOc1ccccc1OCC(=O)N[C@H](c1ccc(OC)cc1)C(C)C. The van der Waals surface area contributed by atoms with E-state index in [1.807, 2.05) is 49.4 Å².